The van der Waals surface area contributed by atoms with Crippen molar-refractivity contribution in [2.75, 3.05) is 29.1 Å². The van der Waals surface area contributed by atoms with Gasteiger partial charge in [0, 0.05) is 23.4 Å². The topological polar surface area (TPSA) is 98.0 Å². The molecule has 0 radical (unpaired) electrons. The van der Waals surface area contributed by atoms with Gasteiger partial charge in [0.05, 0.1) is 11.3 Å². The Morgan fingerprint density at radius 3 is 2.84 bits per heavy atom. The maximum absolute atomic E-state index is 11.4. The van der Waals surface area contributed by atoms with E-state index in [1.807, 2.05) is 0 Å². The number of benzene rings is 1. The van der Waals surface area contributed by atoms with E-state index in [1.54, 1.807) is 25.1 Å². The number of nitrogen functional groups attached to an aromatic ring is 1. The third-order valence-corrected chi connectivity index (χ3v) is 4.51. The minimum absolute atomic E-state index is 0.0807. The second-order valence-corrected chi connectivity index (χ2v) is 6.63. The number of nitrogens with zero attached hydrogens (tertiary/aromatic N) is 2. The number of hydrogen-bond donors (Lipinski definition) is 2. The summed E-state index contributed by atoms with van der Waals surface area (Å²) in [7, 11) is -2.98. The molecule has 0 aliphatic carbocycles. The van der Waals surface area contributed by atoms with Gasteiger partial charge in [-0.25, -0.2) is 18.4 Å². The van der Waals surface area contributed by atoms with Gasteiger partial charge in [0.15, 0.2) is 9.84 Å². The van der Waals surface area contributed by atoms with E-state index in [9.17, 15) is 8.42 Å². The van der Waals surface area contributed by atoms with E-state index in [1.165, 1.54) is 6.33 Å². The van der Waals surface area contributed by atoms with Gasteiger partial charge in [0.1, 0.15) is 12.1 Å². The van der Waals surface area contributed by atoms with Crippen molar-refractivity contribution in [1.82, 2.24) is 9.97 Å². The minimum Gasteiger partial charge on any atom is -0.399 e. The molecule has 1 aromatic carbocycles. The van der Waals surface area contributed by atoms with Gasteiger partial charge in [-0.3, -0.25) is 0 Å². The quantitative estimate of drug-likeness (QED) is 0.795. The molecule has 102 valence electrons. The summed E-state index contributed by atoms with van der Waals surface area (Å²) in [4.78, 5) is 8.25. The molecule has 0 aliphatic rings. The number of nitrogens with two attached hydrogens (primary N) is 1. The first-order chi connectivity index (χ1) is 9.02. The molecule has 0 saturated carbocycles. The summed E-state index contributed by atoms with van der Waals surface area (Å²) in [6.07, 6.45) is 1.44. The van der Waals surface area contributed by atoms with E-state index >= 15 is 0 Å². The molecule has 3 N–H and O–H groups in total. The summed E-state index contributed by atoms with van der Waals surface area (Å²) >= 11 is 0. The van der Waals surface area contributed by atoms with Crippen LogP contribution in [0.4, 0.5) is 11.5 Å². The van der Waals surface area contributed by atoms with Crippen LogP contribution in [0.1, 0.15) is 6.92 Å². The summed E-state index contributed by atoms with van der Waals surface area (Å²) in [5.41, 5.74) is 7.12. The predicted molar refractivity (Wildman–Crippen MR) is 76.8 cm³/mol. The van der Waals surface area contributed by atoms with Crippen molar-refractivity contribution in [2.24, 2.45) is 0 Å². The van der Waals surface area contributed by atoms with Crippen molar-refractivity contribution in [2.45, 2.75) is 6.92 Å². The highest BCUT2D eigenvalue weighted by molar-refractivity contribution is 7.91. The Labute approximate surface area is 112 Å². The highest BCUT2D eigenvalue weighted by Crippen LogP contribution is 2.21. The van der Waals surface area contributed by atoms with Crippen molar-refractivity contribution in [3.63, 3.8) is 0 Å². The monoisotopic (exact) mass is 280 g/mol. The smallest absolute Gasteiger partial charge is 0.151 e. The van der Waals surface area contributed by atoms with Gasteiger partial charge in [0.25, 0.3) is 0 Å². The second-order valence-electron chi connectivity index (χ2n) is 4.16. The molecule has 1 aromatic heterocycles. The maximum atomic E-state index is 11.4. The van der Waals surface area contributed by atoms with Gasteiger partial charge in [-0.05, 0) is 18.2 Å². The second kappa shape index (κ2) is 5.40. The van der Waals surface area contributed by atoms with E-state index in [0.29, 0.717) is 18.1 Å². The lowest BCUT2D eigenvalue weighted by atomic mass is 10.2. The first-order valence-corrected chi connectivity index (χ1v) is 7.78. The Kier molecular flexibility index (Phi) is 3.84. The molecule has 0 unspecified atom stereocenters. The van der Waals surface area contributed by atoms with Crippen LogP contribution in [0.25, 0.3) is 10.9 Å². The van der Waals surface area contributed by atoms with Crippen LogP contribution >= 0.6 is 0 Å². The van der Waals surface area contributed by atoms with Gasteiger partial charge < -0.3 is 11.1 Å². The molecule has 1 heterocycles. The van der Waals surface area contributed by atoms with Gasteiger partial charge in [-0.2, -0.15) is 0 Å². The van der Waals surface area contributed by atoms with E-state index < -0.39 is 9.84 Å². The molecule has 19 heavy (non-hydrogen) atoms. The number of fused-ring (bicyclic) bond motifs is 1. The summed E-state index contributed by atoms with van der Waals surface area (Å²) in [6, 6.07) is 5.34. The van der Waals surface area contributed by atoms with Crippen LogP contribution in [-0.2, 0) is 9.84 Å². The lowest BCUT2D eigenvalue weighted by molar-refractivity contribution is 0.597. The number of anilines is 2. The van der Waals surface area contributed by atoms with Gasteiger partial charge in [-0.15, -0.1) is 0 Å². The van der Waals surface area contributed by atoms with Crippen molar-refractivity contribution >= 4 is 32.2 Å². The van der Waals surface area contributed by atoms with Crippen LogP contribution in [0.5, 0.6) is 0 Å². The normalized spacial score (nSPS) is 11.6. The zero-order chi connectivity index (χ0) is 13.9. The standard InChI is InChI=1S/C12H16N4O2S/c1-2-19(17,18)6-5-14-12-10-7-9(13)3-4-11(10)15-8-16-12/h3-4,7-8H,2,5-6,13H2,1H3,(H,14,15,16). The zero-order valence-corrected chi connectivity index (χ0v) is 11.4. The van der Waals surface area contributed by atoms with Gasteiger partial charge in [0.2, 0.25) is 0 Å². The molecule has 7 heteroatoms. The first kappa shape index (κ1) is 13.5. The summed E-state index contributed by atoms with van der Waals surface area (Å²) in [6.45, 7) is 1.95. The number of rotatable bonds is 5. The Morgan fingerprint density at radius 1 is 1.32 bits per heavy atom. The van der Waals surface area contributed by atoms with Crippen molar-refractivity contribution in [3.05, 3.63) is 24.5 Å². The predicted octanol–water partition coefficient (Wildman–Crippen LogP) is 1.06. The first-order valence-electron chi connectivity index (χ1n) is 5.96. The molecule has 0 bridgehead atoms. The van der Waals surface area contributed by atoms with Crippen LogP contribution in [0.2, 0.25) is 0 Å². The number of aromatic nitrogens is 2. The number of nitrogens with one attached hydrogen (secondary N) is 1. The average Bonchev–Trinajstić information content (AvgIpc) is 2.39. The van der Waals surface area contributed by atoms with Crippen LogP contribution < -0.4 is 11.1 Å². The van der Waals surface area contributed by atoms with Crippen molar-refractivity contribution in [1.29, 1.82) is 0 Å². The number of hydrogen-bond acceptors (Lipinski definition) is 6. The highest BCUT2D eigenvalue weighted by Gasteiger charge is 2.08. The Balaban J connectivity index is 2.19. The molecule has 0 saturated heterocycles. The molecule has 0 aliphatic heterocycles. The zero-order valence-electron chi connectivity index (χ0n) is 10.6. The molecular weight excluding hydrogens is 264 g/mol. The van der Waals surface area contributed by atoms with Gasteiger partial charge >= 0.3 is 0 Å². The number of sulfone groups is 1. The van der Waals surface area contributed by atoms with Crippen LogP contribution in [0.15, 0.2) is 24.5 Å². The minimum atomic E-state index is -2.98. The highest BCUT2D eigenvalue weighted by atomic mass is 32.2. The maximum Gasteiger partial charge on any atom is 0.151 e. The Morgan fingerprint density at radius 2 is 2.11 bits per heavy atom. The molecule has 2 aromatic rings. The summed E-state index contributed by atoms with van der Waals surface area (Å²) in [5, 5.41) is 3.81. The largest absolute Gasteiger partial charge is 0.399 e. The fraction of sp³-hybridized carbons (Fsp3) is 0.333. The average molecular weight is 280 g/mol. The van der Waals surface area contributed by atoms with Crippen molar-refractivity contribution in [3.8, 4) is 0 Å². The molecule has 0 amide bonds. The van der Waals surface area contributed by atoms with Crippen LogP contribution in [-0.4, -0.2) is 36.4 Å². The molecular formula is C12H16N4O2S. The van der Waals surface area contributed by atoms with Crippen LogP contribution in [0.3, 0.4) is 0 Å². The molecule has 0 fully saturated rings. The molecule has 0 atom stereocenters. The Hall–Kier alpha value is -1.89. The third kappa shape index (κ3) is 3.31. The fourth-order valence-corrected chi connectivity index (χ4v) is 2.39. The molecule has 6 nitrogen and oxygen atoms in total. The van der Waals surface area contributed by atoms with Crippen LogP contribution in [0, 0.1) is 0 Å². The summed E-state index contributed by atoms with van der Waals surface area (Å²) < 4.78 is 22.8. The fourth-order valence-electron chi connectivity index (χ4n) is 1.68. The van der Waals surface area contributed by atoms with E-state index in [0.717, 1.165) is 10.9 Å². The third-order valence-electron chi connectivity index (χ3n) is 2.80. The Bertz CT molecular complexity index is 685. The van der Waals surface area contributed by atoms with Crippen molar-refractivity contribution < 1.29 is 8.42 Å². The SMILES string of the molecule is CCS(=O)(=O)CCNc1ncnc2ccc(N)cc12. The molecule has 0 spiro atoms. The summed E-state index contributed by atoms with van der Waals surface area (Å²) in [5.74, 6) is 0.826. The van der Waals surface area contributed by atoms with E-state index in [2.05, 4.69) is 15.3 Å². The molecule has 2 rings (SSSR count). The van der Waals surface area contributed by atoms with Gasteiger partial charge in [-0.1, -0.05) is 6.92 Å². The van der Waals surface area contributed by atoms with E-state index in [-0.39, 0.29) is 11.5 Å². The lowest BCUT2D eigenvalue weighted by Crippen LogP contribution is -2.17. The van der Waals surface area contributed by atoms with E-state index in [4.69, 9.17) is 5.73 Å². The lowest BCUT2D eigenvalue weighted by Gasteiger charge is -2.08.